The lowest BCUT2D eigenvalue weighted by molar-refractivity contribution is -0.147. The van der Waals surface area contributed by atoms with Crippen molar-refractivity contribution in [1.82, 2.24) is 5.48 Å². The van der Waals surface area contributed by atoms with Crippen LogP contribution in [0.15, 0.2) is 0 Å². The van der Waals surface area contributed by atoms with Crippen LogP contribution >= 0.6 is 0 Å². The number of hydroxylamine groups is 1. The molecule has 1 N–H and O–H groups in total. The number of hydrogen-bond acceptors (Lipinski definition) is 2. The van der Waals surface area contributed by atoms with E-state index >= 15 is 0 Å². The van der Waals surface area contributed by atoms with Crippen LogP contribution in [0.3, 0.4) is 0 Å². The van der Waals surface area contributed by atoms with E-state index in [0.29, 0.717) is 5.92 Å². The van der Waals surface area contributed by atoms with Crippen molar-refractivity contribution in [3.05, 3.63) is 0 Å². The predicted molar refractivity (Wildman–Crippen MR) is 46.3 cm³/mol. The molecule has 0 aliphatic heterocycles. The highest BCUT2D eigenvalue weighted by Gasteiger charge is 2.39. The molecular formula is C9H17NO2. The van der Waals surface area contributed by atoms with Gasteiger partial charge in [0, 0.05) is 5.92 Å². The standard InChI is InChI=1S/C9H17NO2/c1-6-5-7(6)8(11)10-12-9(2,3)4/h6-7H,5H2,1-4H3,(H,10,11)/t6-,7-/m1/s1. The van der Waals surface area contributed by atoms with Crippen LogP contribution in [-0.2, 0) is 9.63 Å². The lowest BCUT2D eigenvalue weighted by Crippen LogP contribution is -2.34. The van der Waals surface area contributed by atoms with E-state index in [1.807, 2.05) is 20.8 Å². The summed E-state index contributed by atoms with van der Waals surface area (Å²) < 4.78 is 0. The summed E-state index contributed by atoms with van der Waals surface area (Å²) in [6.07, 6.45) is 0.999. The second kappa shape index (κ2) is 3.05. The van der Waals surface area contributed by atoms with Gasteiger partial charge in [-0.15, -0.1) is 0 Å². The van der Waals surface area contributed by atoms with Gasteiger partial charge in [0.1, 0.15) is 0 Å². The molecular weight excluding hydrogens is 154 g/mol. The zero-order chi connectivity index (χ0) is 9.35. The summed E-state index contributed by atoms with van der Waals surface area (Å²) in [5.74, 6) is 0.748. The van der Waals surface area contributed by atoms with Gasteiger partial charge in [0.15, 0.2) is 0 Å². The van der Waals surface area contributed by atoms with E-state index in [4.69, 9.17) is 4.84 Å². The molecule has 3 heteroatoms. The fraction of sp³-hybridized carbons (Fsp3) is 0.889. The minimum Gasteiger partial charge on any atom is -0.272 e. The van der Waals surface area contributed by atoms with Gasteiger partial charge in [-0.05, 0) is 33.1 Å². The summed E-state index contributed by atoms with van der Waals surface area (Å²) in [5, 5.41) is 0. The third-order valence-corrected chi connectivity index (χ3v) is 1.90. The molecule has 1 amide bonds. The van der Waals surface area contributed by atoms with Crippen molar-refractivity contribution in [3.63, 3.8) is 0 Å². The lowest BCUT2D eigenvalue weighted by atomic mass is 10.2. The zero-order valence-electron chi connectivity index (χ0n) is 8.18. The number of amides is 1. The van der Waals surface area contributed by atoms with Gasteiger partial charge < -0.3 is 0 Å². The molecule has 0 heterocycles. The quantitative estimate of drug-likeness (QED) is 0.639. The van der Waals surface area contributed by atoms with Crippen LogP contribution in [0.25, 0.3) is 0 Å². The number of carbonyl (C=O) groups is 1. The van der Waals surface area contributed by atoms with Crippen molar-refractivity contribution in [1.29, 1.82) is 0 Å². The smallest absolute Gasteiger partial charge is 0.246 e. The maximum atomic E-state index is 11.2. The molecule has 1 saturated carbocycles. The van der Waals surface area contributed by atoms with Gasteiger partial charge in [0.25, 0.3) is 0 Å². The molecule has 0 radical (unpaired) electrons. The number of hydrogen-bond donors (Lipinski definition) is 1. The lowest BCUT2D eigenvalue weighted by Gasteiger charge is -2.18. The van der Waals surface area contributed by atoms with Gasteiger partial charge in [-0.1, -0.05) is 6.92 Å². The van der Waals surface area contributed by atoms with Gasteiger partial charge in [0.05, 0.1) is 5.60 Å². The van der Waals surface area contributed by atoms with Crippen molar-refractivity contribution in [2.45, 2.75) is 39.7 Å². The van der Waals surface area contributed by atoms with E-state index in [9.17, 15) is 4.79 Å². The van der Waals surface area contributed by atoms with E-state index in [-0.39, 0.29) is 17.4 Å². The van der Waals surface area contributed by atoms with Crippen LogP contribution in [0.4, 0.5) is 0 Å². The molecule has 1 aliphatic carbocycles. The minimum atomic E-state index is -0.298. The molecule has 1 aliphatic rings. The molecule has 70 valence electrons. The first-order valence-corrected chi connectivity index (χ1v) is 4.38. The molecule has 1 fully saturated rings. The minimum absolute atomic E-state index is 0.0254. The number of rotatable bonds is 2. The molecule has 2 atom stereocenters. The summed E-state index contributed by atoms with van der Waals surface area (Å²) in [5.41, 5.74) is 2.18. The topological polar surface area (TPSA) is 38.3 Å². The highest BCUT2D eigenvalue weighted by Crippen LogP contribution is 2.37. The van der Waals surface area contributed by atoms with Crippen LogP contribution in [0.2, 0.25) is 0 Å². The van der Waals surface area contributed by atoms with E-state index < -0.39 is 0 Å². The second-order valence-electron chi connectivity index (χ2n) is 4.50. The molecule has 0 unspecified atom stereocenters. The maximum absolute atomic E-state index is 11.2. The van der Waals surface area contributed by atoms with Gasteiger partial charge >= 0.3 is 0 Å². The van der Waals surface area contributed by atoms with Crippen molar-refractivity contribution in [2.75, 3.05) is 0 Å². The van der Waals surface area contributed by atoms with Crippen molar-refractivity contribution in [3.8, 4) is 0 Å². The summed E-state index contributed by atoms with van der Waals surface area (Å²) in [7, 11) is 0. The number of nitrogens with one attached hydrogen (secondary N) is 1. The average Bonchev–Trinajstić information content (AvgIpc) is 2.60. The molecule has 0 bridgehead atoms. The summed E-state index contributed by atoms with van der Waals surface area (Å²) >= 11 is 0. The van der Waals surface area contributed by atoms with Crippen LogP contribution in [-0.4, -0.2) is 11.5 Å². The van der Waals surface area contributed by atoms with Crippen molar-refractivity contribution in [2.24, 2.45) is 11.8 Å². The Hall–Kier alpha value is -0.570. The van der Waals surface area contributed by atoms with Gasteiger partial charge in [-0.2, -0.15) is 0 Å². The fourth-order valence-corrected chi connectivity index (χ4v) is 0.967. The first-order valence-electron chi connectivity index (χ1n) is 4.38. The van der Waals surface area contributed by atoms with Crippen LogP contribution < -0.4 is 5.48 Å². The van der Waals surface area contributed by atoms with E-state index in [0.717, 1.165) is 6.42 Å². The Morgan fingerprint density at radius 1 is 1.50 bits per heavy atom. The Kier molecular flexibility index (Phi) is 2.42. The highest BCUT2D eigenvalue weighted by atomic mass is 16.7. The predicted octanol–water partition coefficient (Wildman–Crippen LogP) is 1.49. The van der Waals surface area contributed by atoms with Gasteiger partial charge in [-0.3, -0.25) is 9.63 Å². The third kappa shape index (κ3) is 2.81. The van der Waals surface area contributed by atoms with E-state index in [2.05, 4.69) is 12.4 Å². The second-order valence-corrected chi connectivity index (χ2v) is 4.50. The Morgan fingerprint density at radius 2 is 2.00 bits per heavy atom. The molecule has 0 aromatic rings. The zero-order valence-corrected chi connectivity index (χ0v) is 8.18. The maximum Gasteiger partial charge on any atom is 0.246 e. The van der Waals surface area contributed by atoms with Crippen molar-refractivity contribution >= 4 is 5.91 Å². The van der Waals surface area contributed by atoms with Crippen LogP contribution in [0, 0.1) is 11.8 Å². The SMILES string of the molecule is C[C@@H]1C[C@H]1C(=O)NOC(C)(C)C. The van der Waals surface area contributed by atoms with Crippen LogP contribution in [0.5, 0.6) is 0 Å². The van der Waals surface area contributed by atoms with Crippen molar-refractivity contribution < 1.29 is 9.63 Å². The number of carbonyl (C=O) groups excluding carboxylic acids is 1. The van der Waals surface area contributed by atoms with Crippen LogP contribution in [0.1, 0.15) is 34.1 Å². The normalized spacial score (nSPS) is 28.3. The highest BCUT2D eigenvalue weighted by molar-refractivity contribution is 5.80. The molecule has 3 nitrogen and oxygen atoms in total. The summed E-state index contributed by atoms with van der Waals surface area (Å²) in [6, 6.07) is 0. The van der Waals surface area contributed by atoms with Gasteiger partial charge in [0.2, 0.25) is 5.91 Å². The molecule has 0 spiro atoms. The van der Waals surface area contributed by atoms with Gasteiger partial charge in [-0.25, -0.2) is 5.48 Å². The monoisotopic (exact) mass is 171 g/mol. The summed E-state index contributed by atoms with van der Waals surface area (Å²) in [4.78, 5) is 16.4. The summed E-state index contributed by atoms with van der Waals surface area (Å²) in [6.45, 7) is 7.79. The molecule has 0 aromatic carbocycles. The Balaban J connectivity index is 2.20. The molecule has 0 saturated heterocycles. The van der Waals surface area contributed by atoms with E-state index in [1.54, 1.807) is 0 Å². The fourth-order valence-electron chi connectivity index (χ4n) is 0.967. The average molecular weight is 171 g/mol. The molecule has 12 heavy (non-hydrogen) atoms. The Bertz CT molecular complexity index is 183. The largest absolute Gasteiger partial charge is 0.272 e. The Morgan fingerprint density at radius 3 is 2.33 bits per heavy atom. The Labute approximate surface area is 73.4 Å². The first kappa shape index (κ1) is 9.52. The third-order valence-electron chi connectivity index (χ3n) is 1.90. The molecule has 0 aromatic heterocycles. The first-order chi connectivity index (χ1) is 5.40. The van der Waals surface area contributed by atoms with E-state index in [1.165, 1.54) is 0 Å². The molecule has 1 rings (SSSR count).